The van der Waals surface area contributed by atoms with Crippen molar-refractivity contribution < 1.29 is 4.79 Å². The van der Waals surface area contributed by atoms with E-state index in [1.54, 1.807) is 0 Å². The number of amides is 1. The van der Waals surface area contributed by atoms with Crippen LogP contribution in [-0.2, 0) is 4.79 Å². The van der Waals surface area contributed by atoms with Crippen LogP contribution in [0.3, 0.4) is 0 Å². The van der Waals surface area contributed by atoms with Crippen molar-refractivity contribution in [2.24, 2.45) is 11.0 Å². The fraction of sp³-hybridized carbons (Fsp3) is 0.250. The first-order chi connectivity index (χ1) is 8.20. The van der Waals surface area contributed by atoms with E-state index in [9.17, 15) is 4.79 Å². The van der Waals surface area contributed by atoms with E-state index >= 15 is 0 Å². The Balaban J connectivity index is 2.23. The third kappa shape index (κ3) is 2.66. The summed E-state index contributed by atoms with van der Waals surface area (Å²) in [4.78, 5) is 12.0. The van der Waals surface area contributed by atoms with Crippen molar-refractivity contribution >= 4 is 23.6 Å². The molecule has 1 aromatic carbocycles. The molecule has 5 heteroatoms. The van der Waals surface area contributed by atoms with E-state index in [-0.39, 0.29) is 11.8 Å². The normalized spacial score (nSPS) is 19.2. The van der Waals surface area contributed by atoms with Gasteiger partial charge in [0, 0.05) is 12.3 Å². The Kier molecular flexibility index (Phi) is 3.45. The first kappa shape index (κ1) is 11.7. The molecule has 0 bridgehead atoms. The van der Waals surface area contributed by atoms with E-state index in [1.165, 1.54) is 0 Å². The maximum Gasteiger partial charge on any atom is 0.294 e. The number of hydrogen-bond donors (Lipinski definition) is 1. The fourth-order valence-electron chi connectivity index (χ4n) is 1.74. The van der Waals surface area contributed by atoms with Crippen LogP contribution in [0.5, 0.6) is 0 Å². The molecule has 0 radical (unpaired) electrons. The van der Waals surface area contributed by atoms with Gasteiger partial charge in [0.15, 0.2) is 0 Å². The molecule has 1 unspecified atom stereocenters. The summed E-state index contributed by atoms with van der Waals surface area (Å²) in [5, 5.41) is 4.09. The van der Waals surface area contributed by atoms with Crippen LogP contribution in [0.2, 0.25) is 0 Å². The Hall–Kier alpha value is -1.80. The smallest absolute Gasteiger partial charge is 0.273 e. The van der Waals surface area contributed by atoms with Crippen LogP contribution in [0, 0.1) is 12.5 Å². The summed E-state index contributed by atoms with van der Waals surface area (Å²) in [6.45, 7) is 8.75. The molecule has 0 spiro atoms. The lowest BCUT2D eigenvalue weighted by Gasteiger charge is -2.18. The van der Waals surface area contributed by atoms with Gasteiger partial charge in [-0.3, -0.25) is 4.79 Å². The quantitative estimate of drug-likeness (QED) is 0.642. The van der Waals surface area contributed by atoms with Gasteiger partial charge in [0.25, 0.3) is 11.9 Å². The minimum absolute atomic E-state index is 0.0403. The Morgan fingerprint density at radius 2 is 2.18 bits per heavy atom. The highest BCUT2D eigenvalue weighted by Gasteiger charge is 2.21. The van der Waals surface area contributed by atoms with Gasteiger partial charge in [-0.15, -0.1) is 0 Å². The highest BCUT2D eigenvalue weighted by molar-refractivity contribution is 8.01. The second-order valence-corrected chi connectivity index (χ2v) is 4.68. The lowest BCUT2D eigenvalue weighted by atomic mass is 9.94. The Labute approximate surface area is 104 Å². The van der Waals surface area contributed by atoms with Gasteiger partial charge in [-0.05, 0) is 17.7 Å². The summed E-state index contributed by atoms with van der Waals surface area (Å²) in [5.74, 6) is 0.0875. The van der Waals surface area contributed by atoms with E-state index in [2.05, 4.69) is 14.8 Å². The zero-order chi connectivity index (χ0) is 12.3. The van der Waals surface area contributed by atoms with Crippen molar-refractivity contribution in [1.82, 2.24) is 5.43 Å². The molecule has 2 rings (SSSR count). The van der Waals surface area contributed by atoms with Crippen molar-refractivity contribution in [2.75, 3.05) is 0 Å². The number of hydrogen-bond acceptors (Lipinski definition) is 3. The van der Waals surface area contributed by atoms with Crippen LogP contribution >= 0.6 is 11.9 Å². The molecule has 1 amide bonds. The maximum absolute atomic E-state index is 11.1. The lowest BCUT2D eigenvalue weighted by Crippen LogP contribution is -2.31. The molecule has 1 aromatic rings. The number of benzene rings is 1. The molecule has 1 heterocycles. The number of carbonyl (C=O) groups excluding carboxylic acids is 1. The molecule has 17 heavy (non-hydrogen) atoms. The van der Waals surface area contributed by atoms with Gasteiger partial charge in [-0.1, -0.05) is 19.1 Å². The van der Waals surface area contributed by atoms with E-state index in [0.29, 0.717) is 6.42 Å². The minimum Gasteiger partial charge on any atom is -0.273 e. The van der Waals surface area contributed by atoms with Crippen molar-refractivity contribution in [3.05, 3.63) is 40.7 Å². The van der Waals surface area contributed by atoms with Crippen LogP contribution in [0.4, 0.5) is 0 Å². The Morgan fingerprint density at radius 3 is 2.76 bits per heavy atom. The predicted octanol–water partition coefficient (Wildman–Crippen LogP) is 2.47. The van der Waals surface area contributed by atoms with Crippen LogP contribution in [-0.4, -0.2) is 11.6 Å². The maximum atomic E-state index is 11.1. The molecule has 0 saturated carbocycles. The molecule has 4 nitrogen and oxygen atoms in total. The summed E-state index contributed by atoms with van der Waals surface area (Å²) in [6, 6.07) is 7.65. The third-order valence-electron chi connectivity index (χ3n) is 2.56. The van der Waals surface area contributed by atoms with Crippen molar-refractivity contribution in [3.63, 3.8) is 0 Å². The number of nitrogens with one attached hydrogen (secondary N) is 1. The van der Waals surface area contributed by atoms with Crippen LogP contribution in [0.15, 0.2) is 34.3 Å². The lowest BCUT2D eigenvalue weighted by molar-refractivity contribution is -0.121. The van der Waals surface area contributed by atoms with Crippen molar-refractivity contribution in [1.29, 1.82) is 0 Å². The Morgan fingerprint density at radius 1 is 1.47 bits per heavy atom. The SMILES string of the molecule is [C-]#[N+]Sc1ccc(C2=NNC(=O)CC2C)cc1. The molecule has 0 aliphatic carbocycles. The predicted molar refractivity (Wildman–Crippen MR) is 67.4 cm³/mol. The van der Waals surface area contributed by atoms with E-state index < -0.39 is 0 Å². The largest absolute Gasteiger partial charge is 0.294 e. The summed E-state index contributed by atoms with van der Waals surface area (Å²) in [7, 11) is 0. The van der Waals surface area contributed by atoms with Crippen LogP contribution in [0.1, 0.15) is 18.9 Å². The van der Waals surface area contributed by atoms with Crippen LogP contribution in [0.25, 0.3) is 4.25 Å². The van der Waals surface area contributed by atoms with Crippen LogP contribution < -0.4 is 5.43 Å². The number of rotatable bonds is 2. The summed E-state index contributed by atoms with van der Waals surface area (Å²) >= 11 is 1.11. The topological polar surface area (TPSA) is 45.8 Å². The second-order valence-electron chi connectivity index (χ2n) is 3.84. The zero-order valence-electron chi connectivity index (χ0n) is 9.30. The highest BCUT2D eigenvalue weighted by atomic mass is 32.2. The third-order valence-corrected chi connectivity index (χ3v) is 3.13. The van der Waals surface area contributed by atoms with Gasteiger partial charge in [-0.2, -0.15) is 5.10 Å². The highest BCUT2D eigenvalue weighted by Crippen LogP contribution is 2.22. The first-order valence-electron chi connectivity index (χ1n) is 5.21. The summed E-state index contributed by atoms with van der Waals surface area (Å²) < 4.78 is 3.25. The molecule has 1 atom stereocenters. The number of carbonyl (C=O) groups is 1. The average Bonchev–Trinajstić information content (AvgIpc) is 2.31. The molecule has 0 fully saturated rings. The molecule has 0 aromatic heterocycles. The van der Waals surface area contributed by atoms with Gasteiger partial charge in [0.1, 0.15) is 0 Å². The van der Waals surface area contributed by atoms with Gasteiger partial charge < -0.3 is 0 Å². The van der Waals surface area contributed by atoms with Crippen molar-refractivity contribution in [2.45, 2.75) is 18.2 Å². The standard InChI is InChI=1S/C12H11N3OS/c1-8-7-11(16)14-15-12(8)9-3-5-10(6-4-9)17-13-2/h3-6,8H,7H2,1H3,(H,14,16). The van der Waals surface area contributed by atoms with E-state index in [1.807, 2.05) is 31.2 Å². The monoisotopic (exact) mass is 245 g/mol. The van der Waals surface area contributed by atoms with Gasteiger partial charge in [0.2, 0.25) is 5.91 Å². The molecular formula is C12H11N3OS. The Bertz CT molecular complexity index is 501. The number of nitrogens with zero attached hydrogens (tertiary/aromatic N) is 2. The summed E-state index contributed by atoms with van der Waals surface area (Å²) in [6.07, 6.45) is 0.470. The fourth-order valence-corrected chi connectivity index (χ4v) is 2.10. The minimum atomic E-state index is -0.0403. The van der Waals surface area contributed by atoms with Gasteiger partial charge >= 0.3 is 0 Å². The molecule has 1 N–H and O–H groups in total. The molecule has 0 saturated heterocycles. The first-order valence-corrected chi connectivity index (χ1v) is 5.98. The van der Waals surface area contributed by atoms with Crippen molar-refractivity contribution in [3.8, 4) is 0 Å². The zero-order valence-corrected chi connectivity index (χ0v) is 10.1. The molecular weight excluding hydrogens is 234 g/mol. The molecule has 1 aliphatic heterocycles. The molecule has 86 valence electrons. The molecule has 1 aliphatic rings. The van der Waals surface area contributed by atoms with E-state index in [4.69, 9.17) is 6.57 Å². The summed E-state index contributed by atoms with van der Waals surface area (Å²) in [5.41, 5.74) is 4.38. The average molecular weight is 245 g/mol. The second kappa shape index (κ2) is 5.02. The van der Waals surface area contributed by atoms with E-state index in [0.717, 1.165) is 28.1 Å². The van der Waals surface area contributed by atoms with Gasteiger partial charge in [0.05, 0.1) is 10.6 Å². The van der Waals surface area contributed by atoms with Gasteiger partial charge in [-0.25, -0.2) is 16.2 Å². The number of hydrazone groups is 1.